The summed E-state index contributed by atoms with van der Waals surface area (Å²) in [6.45, 7) is 1.73. The third-order valence-electron chi connectivity index (χ3n) is 2.22. The molecular weight excluding hydrogens is 186 g/mol. The summed E-state index contributed by atoms with van der Waals surface area (Å²) in [7, 11) is 0. The molecular formula is C13H11NO. The first-order valence-corrected chi connectivity index (χ1v) is 4.84. The number of fused-ring (bicyclic) bond motifs is 1. The van der Waals surface area contributed by atoms with E-state index in [2.05, 4.69) is 0 Å². The Balaban J connectivity index is 2.35. The van der Waals surface area contributed by atoms with E-state index >= 15 is 0 Å². The summed E-state index contributed by atoms with van der Waals surface area (Å²) in [5, 5.41) is 10.9. The van der Waals surface area contributed by atoms with E-state index in [4.69, 9.17) is 10.00 Å². The van der Waals surface area contributed by atoms with Crippen LogP contribution in [0.4, 0.5) is 0 Å². The molecule has 2 nitrogen and oxygen atoms in total. The molecule has 0 fully saturated rings. The fourth-order valence-corrected chi connectivity index (χ4v) is 1.47. The van der Waals surface area contributed by atoms with E-state index < -0.39 is 6.10 Å². The van der Waals surface area contributed by atoms with Gasteiger partial charge in [0.2, 0.25) is 0 Å². The average Bonchev–Trinajstić information content (AvgIpc) is 2.29. The van der Waals surface area contributed by atoms with Crippen molar-refractivity contribution >= 4 is 10.8 Å². The molecule has 2 aromatic rings. The molecule has 0 N–H and O–H groups in total. The Morgan fingerprint density at radius 3 is 2.60 bits per heavy atom. The van der Waals surface area contributed by atoms with E-state index in [1.807, 2.05) is 48.5 Å². The lowest BCUT2D eigenvalue weighted by Gasteiger charge is -2.08. The van der Waals surface area contributed by atoms with Crippen molar-refractivity contribution in [2.75, 3.05) is 0 Å². The number of hydrogen-bond acceptors (Lipinski definition) is 2. The van der Waals surface area contributed by atoms with Crippen molar-refractivity contribution in [3.05, 3.63) is 42.5 Å². The van der Waals surface area contributed by atoms with E-state index in [0.29, 0.717) is 0 Å². The number of hydrogen-bond donors (Lipinski definition) is 0. The molecule has 0 unspecified atom stereocenters. The van der Waals surface area contributed by atoms with Gasteiger partial charge in [0, 0.05) is 0 Å². The first-order chi connectivity index (χ1) is 7.29. The van der Waals surface area contributed by atoms with Crippen molar-refractivity contribution in [1.82, 2.24) is 0 Å². The standard InChI is InChI=1S/C13H11NO/c1-10(9-14)15-13-7-6-11-4-2-3-5-12(11)8-13/h2-8,10H,1H3/t10-/m0/s1. The van der Waals surface area contributed by atoms with Crippen molar-refractivity contribution in [2.45, 2.75) is 13.0 Å². The minimum Gasteiger partial charge on any atom is -0.476 e. The summed E-state index contributed by atoms with van der Waals surface area (Å²) in [5.41, 5.74) is 0. The van der Waals surface area contributed by atoms with E-state index in [0.717, 1.165) is 11.1 Å². The second-order valence-electron chi connectivity index (χ2n) is 3.40. The summed E-state index contributed by atoms with van der Waals surface area (Å²) in [5.74, 6) is 0.739. The normalized spacial score (nSPS) is 12.0. The minimum atomic E-state index is -0.411. The van der Waals surface area contributed by atoms with Crippen LogP contribution in [0.25, 0.3) is 10.8 Å². The Morgan fingerprint density at radius 2 is 1.87 bits per heavy atom. The molecule has 1 atom stereocenters. The Morgan fingerprint density at radius 1 is 1.13 bits per heavy atom. The maximum Gasteiger partial charge on any atom is 0.181 e. The van der Waals surface area contributed by atoms with Crippen LogP contribution in [0.1, 0.15) is 6.92 Å². The van der Waals surface area contributed by atoms with Gasteiger partial charge in [-0.2, -0.15) is 5.26 Å². The molecule has 0 saturated heterocycles. The van der Waals surface area contributed by atoms with Gasteiger partial charge in [-0.15, -0.1) is 0 Å². The van der Waals surface area contributed by atoms with Gasteiger partial charge in [-0.25, -0.2) is 0 Å². The predicted octanol–water partition coefficient (Wildman–Crippen LogP) is 3.13. The van der Waals surface area contributed by atoms with Crippen LogP contribution < -0.4 is 4.74 Å². The van der Waals surface area contributed by atoms with Crippen molar-refractivity contribution in [1.29, 1.82) is 5.26 Å². The predicted molar refractivity (Wildman–Crippen MR) is 59.7 cm³/mol. The molecule has 2 heteroatoms. The lowest BCUT2D eigenvalue weighted by atomic mass is 10.1. The highest BCUT2D eigenvalue weighted by molar-refractivity contribution is 5.83. The average molecular weight is 197 g/mol. The molecule has 0 bridgehead atoms. The third-order valence-corrected chi connectivity index (χ3v) is 2.22. The fourth-order valence-electron chi connectivity index (χ4n) is 1.47. The van der Waals surface area contributed by atoms with Crippen molar-refractivity contribution < 1.29 is 4.74 Å². The molecule has 0 spiro atoms. The number of benzene rings is 2. The lowest BCUT2D eigenvalue weighted by Crippen LogP contribution is -2.07. The summed E-state index contributed by atoms with van der Waals surface area (Å²) >= 11 is 0. The minimum absolute atomic E-state index is 0.411. The molecule has 0 aliphatic carbocycles. The Kier molecular flexibility index (Phi) is 2.55. The van der Waals surface area contributed by atoms with Gasteiger partial charge in [0.15, 0.2) is 6.10 Å². The van der Waals surface area contributed by atoms with E-state index in [1.165, 1.54) is 5.39 Å². The smallest absolute Gasteiger partial charge is 0.181 e. The van der Waals surface area contributed by atoms with Gasteiger partial charge < -0.3 is 4.74 Å². The highest BCUT2D eigenvalue weighted by Gasteiger charge is 2.01. The molecule has 0 amide bonds. The number of ether oxygens (including phenoxy) is 1. The molecule has 2 aromatic carbocycles. The van der Waals surface area contributed by atoms with E-state index in [9.17, 15) is 0 Å². The SMILES string of the molecule is C[C@@H](C#N)Oc1ccc2ccccc2c1. The van der Waals surface area contributed by atoms with Crippen molar-refractivity contribution in [3.8, 4) is 11.8 Å². The topological polar surface area (TPSA) is 33.0 Å². The summed E-state index contributed by atoms with van der Waals surface area (Å²) in [6.07, 6.45) is -0.411. The van der Waals surface area contributed by atoms with Crippen LogP contribution >= 0.6 is 0 Å². The molecule has 0 radical (unpaired) electrons. The molecule has 0 aliphatic rings. The van der Waals surface area contributed by atoms with Crippen LogP contribution in [0, 0.1) is 11.3 Å². The molecule has 74 valence electrons. The second-order valence-corrected chi connectivity index (χ2v) is 3.40. The van der Waals surface area contributed by atoms with Crippen LogP contribution in [0.15, 0.2) is 42.5 Å². The summed E-state index contributed by atoms with van der Waals surface area (Å²) in [6, 6.07) is 15.9. The van der Waals surface area contributed by atoms with Crippen LogP contribution in [-0.2, 0) is 0 Å². The largest absolute Gasteiger partial charge is 0.476 e. The van der Waals surface area contributed by atoms with E-state index in [-0.39, 0.29) is 0 Å². The van der Waals surface area contributed by atoms with Crippen LogP contribution in [0.3, 0.4) is 0 Å². The third kappa shape index (κ3) is 2.08. The Bertz CT molecular complexity index is 513. The van der Waals surface area contributed by atoms with Gasteiger partial charge in [0.25, 0.3) is 0 Å². The molecule has 0 heterocycles. The Labute approximate surface area is 88.7 Å². The first-order valence-electron chi connectivity index (χ1n) is 4.84. The monoisotopic (exact) mass is 197 g/mol. The quantitative estimate of drug-likeness (QED) is 0.741. The zero-order valence-corrected chi connectivity index (χ0v) is 8.47. The second kappa shape index (κ2) is 4.02. The van der Waals surface area contributed by atoms with Crippen LogP contribution in [0.2, 0.25) is 0 Å². The van der Waals surface area contributed by atoms with Gasteiger partial charge in [-0.1, -0.05) is 30.3 Å². The summed E-state index contributed by atoms with van der Waals surface area (Å²) in [4.78, 5) is 0. The number of nitriles is 1. The maximum atomic E-state index is 8.63. The highest BCUT2D eigenvalue weighted by atomic mass is 16.5. The highest BCUT2D eigenvalue weighted by Crippen LogP contribution is 2.21. The van der Waals surface area contributed by atoms with Crippen LogP contribution in [0.5, 0.6) is 5.75 Å². The van der Waals surface area contributed by atoms with Crippen LogP contribution in [-0.4, -0.2) is 6.10 Å². The van der Waals surface area contributed by atoms with Gasteiger partial charge >= 0.3 is 0 Å². The molecule has 0 aromatic heterocycles. The van der Waals surface area contributed by atoms with Gasteiger partial charge in [-0.3, -0.25) is 0 Å². The zero-order valence-electron chi connectivity index (χ0n) is 8.47. The fraction of sp³-hybridized carbons (Fsp3) is 0.154. The Hall–Kier alpha value is -2.01. The molecule has 15 heavy (non-hydrogen) atoms. The molecule has 2 rings (SSSR count). The number of rotatable bonds is 2. The van der Waals surface area contributed by atoms with Gasteiger partial charge in [0.1, 0.15) is 11.8 Å². The first kappa shape index (κ1) is 9.54. The maximum absolute atomic E-state index is 8.63. The lowest BCUT2D eigenvalue weighted by molar-refractivity contribution is 0.277. The number of nitrogens with zero attached hydrogens (tertiary/aromatic N) is 1. The van der Waals surface area contributed by atoms with E-state index in [1.54, 1.807) is 6.92 Å². The molecule has 0 saturated carbocycles. The van der Waals surface area contributed by atoms with Gasteiger partial charge in [0.05, 0.1) is 0 Å². The zero-order chi connectivity index (χ0) is 10.7. The van der Waals surface area contributed by atoms with Gasteiger partial charge in [-0.05, 0) is 29.8 Å². The molecule has 0 aliphatic heterocycles. The van der Waals surface area contributed by atoms with Crippen molar-refractivity contribution in [3.63, 3.8) is 0 Å². The summed E-state index contributed by atoms with van der Waals surface area (Å²) < 4.78 is 5.41. The van der Waals surface area contributed by atoms with Crippen molar-refractivity contribution in [2.24, 2.45) is 0 Å².